The molecule has 22 heavy (non-hydrogen) atoms. The van der Waals surface area contributed by atoms with Crippen LogP contribution in [-0.2, 0) is 4.74 Å². The molecule has 5 nitrogen and oxygen atoms in total. The van der Waals surface area contributed by atoms with Crippen molar-refractivity contribution in [3.8, 4) is 0 Å². The zero-order chi connectivity index (χ0) is 16.8. The number of nitrogens with two attached hydrogens (primary N) is 1. The molecule has 0 bridgehead atoms. The van der Waals surface area contributed by atoms with E-state index >= 15 is 0 Å². The molecule has 6 heteroatoms. The van der Waals surface area contributed by atoms with Crippen LogP contribution < -0.4 is 16.4 Å². The molecule has 0 aliphatic heterocycles. The fourth-order valence-electron chi connectivity index (χ4n) is 1.83. The van der Waals surface area contributed by atoms with Crippen molar-refractivity contribution >= 4 is 23.4 Å². The van der Waals surface area contributed by atoms with Gasteiger partial charge in [0.05, 0.1) is 0 Å². The minimum atomic E-state index is -0.492. The number of hydrogen-bond acceptors (Lipinski definition) is 4. The number of ether oxygens (including phenoxy) is 1. The maximum absolute atomic E-state index is 11.6. The maximum atomic E-state index is 11.6. The molecule has 0 saturated carbocycles. The molecular weight excluding hydrogens is 302 g/mol. The van der Waals surface area contributed by atoms with Crippen LogP contribution in [0.5, 0.6) is 0 Å². The third kappa shape index (κ3) is 7.00. The molecule has 1 aromatic carbocycles. The van der Waals surface area contributed by atoms with Gasteiger partial charge in [-0.15, -0.1) is 0 Å². The number of alkyl carbamates (subject to hydrolysis) is 1. The van der Waals surface area contributed by atoms with Crippen LogP contribution in [-0.4, -0.2) is 30.8 Å². The van der Waals surface area contributed by atoms with E-state index in [4.69, 9.17) is 22.1 Å². The summed E-state index contributed by atoms with van der Waals surface area (Å²) in [5.74, 6) is 0. The van der Waals surface area contributed by atoms with Gasteiger partial charge in [-0.1, -0.05) is 17.7 Å². The number of anilines is 1. The van der Waals surface area contributed by atoms with Gasteiger partial charge in [-0.3, -0.25) is 0 Å². The summed E-state index contributed by atoms with van der Waals surface area (Å²) in [4.78, 5) is 11.6. The van der Waals surface area contributed by atoms with Gasteiger partial charge in [0.2, 0.25) is 0 Å². The second kappa shape index (κ2) is 8.25. The summed E-state index contributed by atoms with van der Waals surface area (Å²) in [6, 6.07) is 5.84. The van der Waals surface area contributed by atoms with E-state index in [-0.39, 0.29) is 6.04 Å². The highest BCUT2D eigenvalue weighted by atomic mass is 35.5. The number of halogens is 1. The molecule has 0 spiro atoms. The molecule has 0 aliphatic rings. The number of benzene rings is 1. The third-order valence-electron chi connectivity index (χ3n) is 2.99. The van der Waals surface area contributed by atoms with Crippen LogP contribution in [0.3, 0.4) is 0 Å². The molecule has 124 valence electrons. The predicted octanol–water partition coefficient (Wildman–Crippen LogP) is 3.30. The predicted molar refractivity (Wildman–Crippen MR) is 91.5 cm³/mol. The molecule has 0 radical (unpaired) electrons. The van der Waals surface area contributed by atoms with Crippen LogP contribution in [0.1, 0.15) is 32.8 Å². The Kier molecular flexibility index (Phi) is 6.97. The Morgan fingerprint density at radius 3 is 2.64 bits per heavy atom. The first-order valence-electron chi connectivity index (χ1n) is 7.41. The van der Waals surface area contributed by atoms with Gasteiger partial charge in [-0.2, -0.15) is 0 Å². The Morgan fingerprint density at radius 1 is 1.41 bits per heavy atom. The molecular formula is C16H26ClN3O2. The van der Waals surface area contributed by atoms with Crippen LogP contribution in [0, 0.1) is 6.92 Å². The Bertz CT molecular complexity index is 501. The van der Waals surface area contributed by atoms with E-state index < -0.39 is 11.7 Å². The molecule has 1 atom stereocenters. The lowest BCUT2D eigenvalue weighted by Gasteiger charge is -2.21. The van der Waals surface area contributed by atoms with Crippen LogP contribution in [0.2, 0.25) is 5.02 Å². The molecule has 0 aliphatic carbocycles. The van der Waals surface area contributed by atoms with Crippen molar-refractivity contribution in [2.45, 2.75) is 45.8 Å². The van der Waals surface area contributed by atoms with Gasteiger partial charge >= 0.3 is 6.09 Å². The molecule has 1 unspecified atom stereocenters. The maximum Gasteiger partial charge on any atom is 0.407 e. The molecule has 0 saturated heterocycles. The highest BCUT2D eigenvalue weighted by Crippen LogP contribution is 2.20. The summed E-state index contributed by atoms with van der Waals surface area (Å²) in [5.41, 5.74) is 7.23. The smallest absolute Gasteiger partial charge is 0.407 e. The SMILES string of the molecule is Cc1ccc(NC(CN)CCNC(=O)OC(C)(C)C)cc1Cl. The molecule has 0 heterocycles. The van der Waals surface area contributed by atoms with Crippen molar-refractivity contribution < 1.29 is 9.53 Å². The number of aryl methyl sites for hydroxylation is 1. The van der Waals surface area contributed by atoms with Gasteiger partial charge in [-0.05, 0) is 51.8 Å². The average molecular weight is 328 g/mol. The molecule has 0 aromatic heterocycles. The van der Waals surface area contributed by atoms with E-state index in [9.17, 15) is 4.79 Å². The lowest BCUT2D eigenvalue weighted by molar-refractivity contribution is 0.0527. The molecule has 0 fully saturated rings. The van der Waals surface area contributed by atoms with Crippen molar-refractivity contribution in [2.24, 2.45) is 5.73 Å². The first kappa shape index (κ1) is 18.6. The quantitative estimate of drug-likeness (QED) is 0.749. The van der Waals surface area contributed by atoms with Crippen LogP contribution in [0.15, 0.2) is 18.2 Å². The van der Waals surface area contributed by atoms with Crippen LogP contribution in [0.4, 0.5) is 10.5 Å². The zero-order valence-electron chi connectivity index (χ0n) is 13.7. The van der Waals surface area contributed by atoms with Gasteiger partial charge in [0.1, 0.15) is 5.60 Å². The van der Waals surface area contributed by atoms with Crippen LogP contribution in [0.25, 0.3) is 0 Å². The summed E-state index contributed by atoms with van der Waals surface area (Å²) in [6.45, 7) is 8.40. The molecule has 1 amide bonds. The van der Waals surface area contributed by atoms with Crippen molar-refractivity contribution in [3.05, 3.63) is 28.8 Å². The highest BCUT2D eigenvalue weighted by molar-refractivity contribution is 6.31. The molecule has 1 rings (SSSR count). The van der Waals surface area contributed by atoms with E-state index in [1.54, 1.807) is 0 Å². The summed E-state index contributed by atoms with van der Waals surface area (Å²) in [5, 5.41) is 6.76. The average Bonchev–Trinajstić information content (AvgIpc) is 2.39. The summed E-state index contributed by atoms with van der Waals surface area (Å²) < 4.78 is 5.18. The van der Waals surface area contributed by atoms with Crippen molar-refractivity contribution in [1.82, 2.24) is 5.32 Å². The van der Waals surface area contributed by atoms with Gasteiger partial charge < -0.3 is 21.1 Å². The number of carbonyl (C=O) groups excluding carboxylic acids is 1. The fraction of sp³-hybridized carbons (Fsp3) is 0.562. The number of hydrogen-bond donors (Lipinski definition) is 3. The second-order valence-electron chi connectivity index (χ2n) is 6.26. The van der Waals surface area contributed by atoms with E-state index in [0.29, 0.717) is 24.5 Å². The van der Waals surface area contributed by atoms with E-state index in [1.165, 1.54) is 0 Å². The summed E-state index contributed by atoms with van der Waals surface area (Å²) in [7, 11) is 0. The highest BCUT2D eigenvalue weighted by Gasteiger charge is 2.16. The van der Waals surface area contributed by atoms with Crippen molar-refractivity contribution in [2.75, 3.05) is 18.4 Å². The van der Waals surface area contributed by atoms with Gasteiger partial charge in [0.25, 0.3) is 0 Å². The number of carbonyl (C=O) groups is 1. The van der Waals surface area contributed by atoms with E-state index in [1.807, 2.05) is 45.9 Å². The topological polar surface area (TPSA) is 76.4 Å². The fourth-order valence-corrected chi connectivity index (χ4v) is 2.01. The number of amides is 1. The lowest BCUT2D eigenvalue weighted by atomic mass is 10.1. The monoisotopic (exact) mass is 327 g/mol. The van der Waals surface area contributed by atoms with Crippen molar-refractivity contribution in [3.63, 3.8) is 0 Å². The minimum Gasteiger partial charge on any atom is -0.444 e. The summed E-state index contributed by atoms with van der Waals surface area (Å²) >= 11 is 6.10. The number of nitrogens with one attached hydrogen (secondary N) is 2. The van der Waals surface area contributed by atoms with Gasteiger partial charge in [0.15, 0.2) is 0 Å². The Morgan fingerprint density at radius 2 is 2.09 bits per heavy atom. The standard InChI is InChI=1S/C16H26ClN3O2/c1-11-5-6-12(9-14(11)17)20-13(10-18)7-8-19-15(21)22-16(2,3)4/h5-6,9,13,20H,7-8,10,18H2,1-4H3,(H,19,21). The van der Waals surface area contributed by atoms with Gasteiger partial charge in [-0.25, -0.2) is 4.79 Å². The minimum absolute atomic E-state index is 0.0497. The Hall–Kier alpha value is -1.46. The summed E-state index contributed by atoms with van der Waals surface area (Å²) in [6.07, 6.45) is 0.281. The van der Waals surface area contributed by atoms with Crippen molar-refractivity contribution in [1.29, 1.82) is 0 Å². The molecule has 1 aromatic rings. The van der Waals surface area contributed by atoms with Crippen LogP contribution >= 0.6 is 11.6 Å². The van der Waals surface area contributed by atoms with E-state index in [2.05, 4.69) is 10.6 Å². The third-order valence-corrected chi connectivity index (χ3v) is 3.40. The normalized spacial score (nSPS) is 12.6. The first-order chi connectivity index (χ1) is 10.2. The second-order valence-corrected chi connectivity index (χ2v) is 6.67. The van der Waals surface area contributed by atoms with E-state index in [0.717, 1.165) is 11.3 Å². The zero-order valence-corrected chi connectivity index (χ0v) is 14.5. The largest absolute Gasteiger partial charge is 0.444 e. The Balaban J connectivity index is 2.42. The van der Waals surface area contributed by atoms with Gasteiger partial charge in [0, 0.05) is 29.8 Å². The number of rotatable bonds is 6. The first-order valence-corrected chi connectivity index (χ1v) is 7.78. The Labute approximate surface area is 137 Å². The lowest BCUT2D eigenvalue weighted by Crippen LogP contribution is -2.37. The molecule has 4 N–H and O–H groups in total.